The topological polar surface area (TPSA) is 99.8 Å². The summed E-state index contributed by atoms with van der Waals surface area (Å²) in [5.41, 5.74) is 5.97. The third-order valence-electron chi connectivity index (χ3n) is 4.94. The van der Waals surface area contributed by atoms with E-state index in [4.69, 9.17) is 5.73 Å². The van der Waals surface area contributed by atoms with Gasteiger partial charge in [-0.25, -0.2) is 13.1 Å². The molecule has 1 saturated heterocycles. The first-order valence-corrected chi connectivity index (χ1v) is 10.5. The third-order valence-corrected chi connectivity index (χ3v) is 5.68. The van der Waals surface area contributed by atoms with E-state index >= 15 is 0 Å². The second-order valence-electron chi connectivity index (χ2n) is 6.72. The normalized spacial score (nSPS) is 30.0. The van der Waals surface area contributed by atoms with Crippen LogP contribution in [0.3, 0.4) is 0 Å². The van der Waals surface area contributed by atoms with Crippen molar-refractivity contribution >= 4 is 16.0 Å². The smallest absolute Gasteiger partial charge is 0.208 e. The monoisotopic (exact) mass is 345 g/mol. The van der Waals surface area contributed by atoms with Crippen molar-refractivity contribution in [1.82, 2.24) is 14.9 Å². The molecule has 0 spiro atoms. The number of rotatable bonds is 7. The highest BCUT2D eigenvalue weighted by atomic mass is 32.2. The Morgan fingerprint density at radius 3 is 2.78 bits per heavy atom. The SMILES string of the molecule is CCN1CCCC1CNC(N)=NCC1CCCC1NS(C)(=O)=O. The van der Waals surface area contributed by atoms with Gasteiger partial charge in [0.15, 0.2) is 5.96 Å². The molecule has 3 unspecified atom stereocenters. The van der Waals surface area contributed by atoms with Crippen molar-refractivity contribution in [3.63, 3.8) is 0 Å². The summed E-state index contributed by atoms with van der Waals surface area (Å²) < 4.78 is 25.5. The van der Waals surface area contributed by atoms with E-state index in [1.165, 1.54) is 25.6 Å². The van der Waals surface area contributed by atoms with E-state index in [-0.39, 0.29) is 12.0 Å². The Hall–Kier alpha value is -0.860. The van der Waals surface area contributed by atoms with E-state index in [0.717, 1.165) is 32.4 Å². The molecule has 2 rings (SSSR count). The van der Waals surface area contributed by atoms with Gasteiger partial charge in [-0.05, 0) is 44.7 Å². The molecular weight excluding hydrogens is 314 g/mol. The van der Waals surface area contributed by atoms with Crippen LogP contribution < -0.4 is 15.8 Å². The van der Waals surface area contributed by atoms with Crippen molar-refractivity contribution < 1.29 is 8.42 Å². The Labute approximate surface area is 140 Å². The zero-order valence-corrected chi connectivity index (χ0v) is 15.1. The lowest BCUT2D eigenvalue weighted by molar-refractivity contribution is 0.267. The lowest BCUT2D eigenvalue weighted by Crippen LogP contribution is -2.43. The molecule has 1 aliphatic heterocycles. The van der Waals surface area contributed by atoms with Crippen LogP contribution in [0.25, 0.3) is 0 Å². The van der Waals surface area contributed by atoms with E-state index in [1.807, 2.05) is 0 Å². The van der Waals surface area contributed by atoms with Crippen LogP contribution in [-0.2, 0) is 10.0 Å². The van der Waals surface area contributed by atoms with Gasteiger partial charge in [0, 0.05) is 25.2 Å². The largest absolute Gasteiger partial charge is 0.370 e. The molecule has 3 atom stereocenters. The number of likely N-dealkylation sites (N-methyl/N-ethyl adjacent to an activating group) is 1. The van der Waals surface area contributed by atoms with E-state index < -0.39 is 10.0 Å². The lowest BCUT2D eigenvalue weighted by Gasteiger charge is -2.23. The molecule has 23 heavy (non-hydrogen) atoms. The number of nitrogens with two attached hydrogens (primary N) is 1. The summed E-state index contributed by atoms with van der Waals surface area (Å²) in [5, 5.41) is 3.22. The minimum atomic E-state index is -3.16. The van der Waals surface area contributed by atoms with Crippen molar-refractivity contribution in [3.05, 3.63) is 0 Å². The Bertz CT molecular complexity index is 508. The summed E-state index contributed by atoms with van der Waals surface area (Å²) in [5.74, 6) is 0.710. The molecule has 2 aliphatic rings. The highest BCUT2D eigenvalue weighted by Crippen LogP contribution is 2.26. The van der Waals surface area contributed by atoms with Gasteiger partial charge in [0.2, 0.25) is 10.0 Å². The van der Waals surface area contributed by atoms with E-state index in [1.54, 1.807) is 0 Å². The van der Waals surface area contributed by atoms with Crippen molar-refractivity contribution in [2.45, 2.75) is 51.1 Å². The summed E-state index contributed by atoms with van der Waals surface area (Å²) in [7, 11) is -3.16. The van der Waals surface area contributed by atoms with Crippen LogP contribution in [0.2, 0.25) is 0 Å². The quantitative estimate of drug-likeness (QED) is 0.449. The minimum absolute atomic E-state index is 0.00744. The molecule has 2 fully saturated rings. The van der Waals surface area contributed by atoms with Gasteiger partial charge in [-0.2, -0.15) is 0 Å². The Kier molecular flexibility index (Phi) is 6.67. The molecule has 1 aliphatic carbocycles. The molecule has 4 N–H and O–H groups in total. The molecule has 0 radical (unpaired) electrons. The molecule has 7 nitrogen and oxygen atoms in total. The minimum Gasteiger partial charge on any atom is -0.370 e. The maximum absolute atomic E-state index is 11.4. The molecule has 0 aromatic heterocycles. The van der Waals surface area contributed by atoms with Gasteiger partial charge in [0.05, 0.1) is 6.26 Å². The van der Waals surface area contributed by atoms with Gasteiger partial charge in [0.1, 0.15) is 0 Å². The summed E-state index contributed by atoms with van der Waals surface area (Å²) in [6.45, 7) is 5.84. The predicted octanol–water partition coefficient (Wildman–Crippen LogP) is 0.0929. The number of hydrogen-bond acceptors (Lipinski definition) is 4. The summed E-state index contributed by atoms with van der Waals surface area (Å²) in [6, 6.07) is 0.534. The van der Waals surface area contributed by atoms with Crippen LogP contribution in [0.4, 0.5) is 0 Å². The highest BCUT2D eigenvalue weighted by molar-refractivity contribution is 7.88. The predicted molar refractivity (Wildman–Crippen MR) is 93.9 cm³/mol. The van der Waals surface area contributed by atoms with Crippen molar-refractivity contribution in [1.29, 1.82) is 0 Å². The second-order valence-corrected chi connectivity index (χ2v) is 8.50. The van der Waals surface area contributed by atoms with Gasteiger partial charge < -0.3 is 11.1 Å². The Balaban J connectivity index is 1.77. The fraction of sp³-hybridized carbons (Fsp3) is 0.933. The van der Waals surface area contributed by atoms with Crippen LogP contribution >= 0.6 is 0 Å². The van der Waals surface area contributed by atoms with Crippen LogP contribution in [-0.4, -0.2) is 63.8 Å². The van der Waals surface area contributed by atoms with E-state index in [9.17, 15) is 8.42 Å². The molecule has 0 aromatic rings. The van der Waals surface area contributed by atoms with Gasteiger partial charge in [-0.3, -0.25) is 9.89 Å². The average Bonchev–Trinajstić information content (AvgIpc) is 3.09. The van der Waals surface area contributed by atoms with Crippen molar-refractivity contribution in [2.24, 2.45) is 16.6 Å². The van der Waals surface area contributed by atoms with E-state index in [0.29, 0.717) is 18.5 Å². The second kappa shape index (κ2) is 8.30. The fourth-order valence-corrected chi connectivity index (χ4v) is 4.58. The molecule has 1 heterocycles. The standard InChI is InChI=1S/C15H31N5O2S/c1-3-20-9-5-7-13(20)11-18-15(16)17-10-12-6-4-8-14(12)19-23(2,21)22/h12-14,19H,3-11H2,1-2H3,(H3,16,17,18). The summed E-state index contributed by atoms with van der Waals surface area (Å²) in [4.78, 5) is 6.89. The van der Waals surface area contributed by atoms with Gasteiger partial charge in [-0.1, -0.05) is 13.3 Å². The van der Waals surface area contributed by atoms with E-state index in [2.05, 4.69) is 26.9 Å². The van der Waals surface area contributed by atoms with Crippen molar-refractivity contribution in [3.8, 4) is 0 Å². The molecular formula is C15H31N5O2S. The number of guanidine groups is 1. The summed E-state index contributed by atoms with van der Waals surface area (Å²) in [6.07, 6.45) is 6.58. The van der Waals surface area contributed by atoms with Gasteiger partial charge in [0.25, 0.3) is 0 Å². The maximum Gasteiger partial charge on any atom is 0.208 e. The first kappa shape index (κ1) is 18.5. The molecule has 0 amide bonds. The zero-order chi connectivity index (χ0) is 16.9. The number of likely N-dealkylation sites (tertiary alicyclic amines) is 1. The third kappa shape index (κ3) is 5.93. The first-order chi connectivity index (χ1) is 10.9. The first-order valence-electron chi connectivity index (χ1n) is 8.64. The highest BCUT2D eigenvalue weighted by Gasteiger charge is 2.29. The maximum atomic E-state index is 11.4. The van der Waals surface area contributed by atoms with Crippen LogP contribution in [0.5, 0.6) is 0 Å². The van der Waals surface area contributed by atoms with Gasteiger partial charge in [-0.15, -0.1) is 0 Å². The van der Waals surface area contributed by atoms with Crippen LogP contribution in [0.1, 0.15) is 39.0 Å². The summed E-state index contributed by atoms with van der Waals surface area (Å²) >= 11 is 0. The molecule has 0 bridgehead atoms. The number of nitrogens with one attached hydrogen (secondary N) is 2. The van der Waals surface area contributed by atoms with Crippen LogP contribution in [0, 0.1) is 5.92 Å². The Morgan fingerprint density at radius 2 is 2.09 bits per heavy atom. The fourth-order valence-electron chi connectivity index (χ4n) is 3.72. The average molecular weight is 346 g/mol. The number of aliphatic imine (C=N–C) groups is 1. The number of sulfonamides is 1. The van der Waals surface area contributed by atoms with Crippen LogP contribution in [0.15, 0.2) is 4.99 Å². The molecule has 134 valence electrons. The zero-order valence-electron chi connectivity index (χ0n) is 14.3. The molecule has 1 saturated carbocycles. The van der Waals surface area contributed by atoms with Gasteiger partial charge >= 0.3 is 0 Å². The number of nitrogens with zero attached hydrogens (tertiary/aromatic N) is 2. The number of hydrogen-bond donors (Lipinski definition) is 3. The lowest BCUT2D eigenvalue weighted by atomic mass is 10.1. The molecule has 0 aromatic carbocycles. The molecule has 8 heteroatoms. The Morgan fingerprint density at radius 1 is 1.30 bits per heavy atom. The van der Waals surface area contributed by atoms with Crippen molar-refractivity contribution in [2.75, 3.05) is 32.4 Å².